The van der Waals surface area contributed by atoms with Crippen molar-refractivity contribution in [2.45, 2.75) is 11.8 Å². The fourth-order valence-electron chi connectivity index (χ4n) is 3.92. The number of likely N-dealkylation sites (tertiary alicyclic amines) is 1. The van der Waals surface area contributed by atoms with Gasteiger partial charge in [-0.15, -0.1) is 0 Å². The van der Waals surface area contributed by atoms with Crippen LogP contribution in [0.1, 0.15) is 23.0 Å². The van der Waals surface area contributed by atoms with E-state index in [1.165, 1.54) is 5.56 Å². The van der Waals surface area contributed by atoms with Crippen LogP contribution in [0.2, 0.25) is 5.02 Å². The zero-order valence-corrected chi connectivity index (χ0v) is 13.3. The van der Waals surface area contributed by atoms with Crippen molar-refractivity contribution in [1.29, 1.82) is 0 Å². The molecule has 0 amide bonds. The number of halogens is 1. The number of nitrogens with zero attached hydrogens (tertiary/aromatic N) is 1. The van der Waals surface area contributed by atoms with Gasteiger partial charge in [0, 0.05) is 28.0 Å². The largest absolute Gasteiger partial charge is 0.457 e. The lowest BCUT2D eigenvalue weighted by Gasteiger charge is -2.27. The second-order valence-electron chi connectivity index (χ2n) is 6.66. The van der Waals surface area contributed by atoms with Crippen molar-refractivity contribution in [1.82, 2.24) is 0 Å². The molecule has 2 heterocycles. The van der Waals surface area contributed by atoms with E-state index in [1.807, 2.05) is 30.3 Å². The Labute approximate surface area is 135 Å². The van der Waals surface area contributed by atoms with Gasteiger partial charge in [-0.05, 0) is 24.3 Å². The van der Waals surface area contributed by atoms with Crippen molar-refractivity contribution in [3.63, 3.8) is 0 Å². The second kappa shape index (κ2) is 4.98. The highest BCUT2D eigenvalue weighted by Crippen LogP contribution is 2.51. The Morgan fingerprint density at radius 3 is 2.55 bits per heavy atom. The zero-order valence-electron chi connectivity index (χ0n) is 12.5. The van der Waals surface area contributed by atoms with Gasteiger partial charge in [0.15, 0.2) is 6.73 Å². The van der Waals surface area contributed by atoms with Gasteiger partial charge < -0.3 is 14.3 Å². The van der Waals surface area contributed by atoms with Gasteiger partial charge in [0.2, 0.25) is 0 Å². The van der Waals surface area contributed by atoms with Gasteiger partial charge in [-0.3, -0.25) is 0 Å². The monoisotopic (exact) mass is 316 g/mol. The first-order valence-corrected chi connectivity index (χ1v) is 7.98. The summed E-state index contributed by atoms with van der Waals surface area (Å²) < 4.78 is 6.83. The number of ether oxygens (including phenoxy) is 1. The number of aliphatic hydroxyl groups is 1. The summed E-state index contributed by atoms with van der Waals surface area (Å²) in [6, 6.07) is 14.1. The van der Waals surface area contributed by atoms with Crippen LogP contribution >= 0.6 is 11.6 Å². The number of hydrogen-bond donors (Lipinski definition) is 1. The van der Waals surface area contributed by atoms with Gasteiger partial charge in [0.05, 0.1) is 20.1 Å². The third kappa shape index (κ3) is 2.12. The number of para-hydroxylation sites is 1. The molecular formula is C18H19ClNO2+. The molecule has 3 nitrogen and oxygen atoms in total. The normalized spacial score (nSPS) is 29.0. The quantitative estimate of drug-likeness (QED) is 0.812. The Kier molecular flexibility index (Phi) is 3.19. The highest BCUT2D eigenvalue weighted by molar-refractivity contribution is 6.30. The van der Waals surface area contributed by atoms with Crippen LogP contribution in [-0.2, 0) is 0 Å². The van der Waals surface area contributed by atoms with Gasteiger partial charge in [-0.1, -0.05) is 29.8 Å². The highest BCUT2D eigenvalue weighted by Gasteiger charge is 2.47. The molecule has 2 aromatic rings. The van der Waals surface area contributed by atoms with Crippen molar-refractivity contribution < 1.29 is 14.3 Å². The lowest BCUT2D eigenvalue weighted by Crippen LogP contribution is -2.42. The molecule has 0 bridgehead atoms. The maximum Gasteiger partial charge on any atom is 0.180 e. The summed E-state index contributed by atoms with van der Waals surface area (Å²) >= 11 is 6.23. The smallest absolute Gasteiger partial charge is 0.180 e. The molecule has 0 aromatic heterocycles. The van der Waals surface area contributed by atoms with Crippen LogP contribution < -0.4 is 4.74 Å². The van der Waals surface area contributed by atoms with Crippen LogP contribution in [-0.4, -0.2) is 36.5 Å². The number of quaternary nitrogens is 1. The Hall–Kier alpha value is -1.55. The van der Waals surface area contributed by atoms with E-state index in [0.29, 0.717) is 16.3 Å². The number of fused-ring (bicyclic) bond motifs is 5. The van der Waals surface area contributed by atoms with E-state index in [0.717, 1.165) is 35.2 Å². The summed E-state index contributed by atoms with van der Waals surface area (Å²) in [6.07, 6.45) is 0. The lowest BCUT2D eigenvalue weighted by molar-refractivity contribution is -0.916. The molecule has 2 unspecified atom stereocenters. The Bertz CT molecular complexity index is 733. The molecular weight excluding hydrogens is 298 g/mol. The number of likely N-dealkylation sites (N-methyl/N-ethyl adjacent to an activating group) is 1. The Morgan fingerprint density at radius 1 is 1.09 bits per heavy atom. The molecule has 4 rings (SSSR count). The summed E-state index contributed by atoms with van der Waals surface area (Å²) in [4.78, 5) is 0. The standard InChI is InChI=1S/C18H19ClNO2/c1-20(11-21)9-15-13-4-2-3-5-17(13)22-18-7-6-12(19)8-14(18)16(15)10-20/h2-8,15-16,21H,9-11H2,1H3/q+1/t15?,16-,20?/m1/s1. The second-order valence-corrected chi connectivity index (χ2v) is 7.10. The molecule has 1 saturated heterocycles. The number of aliphatic hydroxyl groups excluding tert-OH is 1. The van der Waals surface area contributed by atoms with Crippen LogP contribution in [0.25, 0.3) is 0 Å². The fourth-order valence-corrected chi connectivity index (χ4v) is 4.11. The van der Waals surface area contributed by atoms with Gasteiger partial charge in [-0.2, -0.15) is 0 Å². The van der Waals surface area contributed by atoms with Gasteiger partial charge in [-0.25, -0.2) is 0 Å². The van der Waals surface area contributed by atoms with Crippen LogP contribution in [0.5, 0.6) is 11.5 Å². The molecule has 0 aliphatic carbocycles. The van der Waals surface area contributed by atoms with E-state index < -0.39 is 0 Å². The van der Waals surface area contributed by atoms with Crippen LogP contribution in [0.4, 0.5) is 0 Å². The van der Waals surface area contributed by atoms with Crippen LogP contribution in [0.3, 0.4) is 0 Å². The Morgan fingerprint density at radius 2 is 1.77 bits per heavy atom. The number of hydrogen-bond acceptors (Lipinski definition) is 2. The van der Waals surface area contributed by atoms with Gasteiger partial charge in [0.25, 0.3) is 0 Å². The molecule has 2 aliphatic rings. The third-order valence-corrected chi connectivity index (χ3v) is 5.25. The first-order chi connectivity index (χ1) is 10.6. The minimum absolute atomic E-state index is 0.159. The molecule has 1 N–H and O–H groups in total. The number of benzene rings is 2. The first-order valence-electron chi connectivity index (χ1n) is 7.60. The zero-order chi connectivity index (χ0) is 15.3. The van der Waals surface area contributed by atoms with Crippen molar-refractivity contribution in [2.75, 3.05) is 26.9 Å². The molecule has 0 saturated carbocycles. The molecule has 22 heavy (non-hydrogen) atoms. The van der Waals surface area contributed by atoms with Crippen molar-refractivity contribution in [3.8, 4) is 11.5 Å². The van der Waals surface area contributed by atoms with Gasteiger partial charge >= 0.3 is 0 Å². The van der Waals surface area contributed by atoms with Crippen LogP contribution in [0, 0.1) is 0 Å². The minimum atomic E-state index is 0.159. The van der Waals surface area contributed by atoms with E-state index >= 15 is 0 Å². The molecule has 0 spiro atoms. The van der Waals surface area contributed by atoms with E-state index in [9.17, 15) is 5.11 Å². The highest BCUT2D eigenvalue weighted by atomic mass is 35.5. The van der Waals surface area contributed by atoms with E-state index in [-0.39, 0.29) is 6.73 Å². The summed E-state index contributed by atoms with van der Waals surface area (Å²) in [6.45, 7) is 1.96. The SMILES string of the molecule is C[N+]1(CO)CC2c3ccccc3Oc3ccc(Cl)cc3[C@H]2C1. The predicted octanol–water partition coefficient (Wildman–Crippen LogP) is 3.72. The lowest BCUT2D eigenvalue weighted by atomic mass is 9.84. The fraction of sp³-hybridized carbons (Fsp3) is 0.333. The molecule has 2 aliphatic heterocycles. The molecule has 3 atom stereocenters. The topological polar surface area (TPSA) is 29.5 Å². The van der Waals surface area contributed by atoms with E-state index in [2.05, 4.69) is 19.2 Å². The maximum atomic E-state index is 9.81. The summed E-state index contributed by atoms with van der Waals surface area (Å²) in [5.74, 6) is 2.46. The van der Waals surface area contributed by atoms with E-state index in [4.69, 9.17) is 16.3 Å². The Balaban J connectivity index is 1.91. The van der Waals surface area contributed by atoms with E-state index in [1.54, 1.807) is 0 Å². The number of rotatable bonds is 1. The summed E-state index contributed by atoms with van der Waals surface area (Å²) in [5.41, 5.74) is 2.39. The molecule has 1 fully saturated rings. The molecule has 0 radical (unpaired) electrons. The maximum absolute atomic E-state index is 9.81. The summed E-state index contributed by atoms with van der Waals surface area (Å²) in [5, 5.41) is 10.5. The van der Waals surface area contributed by atoms with Crippen molar-refractivity contribution >= 4 is 11.6 Å². The predicted molar refractivity (Wildman–Crippen MR) is 86.5 cm³/mol. The molecule has 114 valence electrons. The molecule has 2 aromatic carbocycles. The minimum Gasteiger partial charge on any atom is -0.457 e. The van der Waals surface area contributed by atoms with Gasteiger partial charge in [0.1, 0.15) is 11.5 Å². The average molecular weight is 317 g/mol. The van der Waals surface area contributed by atoms with Crippen LogP contribution in [0.15, 0.2) is 42.5 Å². The first kappa shape index (κ1) is 14.1. The van der Waals surface area contributed by atoms with Crippen molar-refractivity contribution in [2.24, 2.45) is 0 Å². The average Bonchev–Trinajstić information content (AvgIpc) is 2.82. The molecule has 4 heteroatoms. The third-order valence-electron chi connectivity index (χ3n) is 5.01. The van der Waals surface area contributed by atoms with Crippen molar-refractivity contribution in [3.05, 3.63) is 58.6 Å². The summed E-state index contributed by atoms with van der Waals surface area (Å²) in [7, 11) is 2.11.